The maximum absolute atomic E-state index is 11.6. The Balaban J connectivity index is 2.47. The molecule has 0 aromatic heterocycles. The molecule has 0 aliphatic carbocycles. The van der Waals surface area contributed by atoms with E-state index in [-0.39, 0.29) is 5.91 Å². The van der Waals surface area contributed by atoms with Gasteiger partial charge in [0, 0.05) is 39.6 Å². The lowest BCUT2D eigenvalue weighted by molar-refractivity contribution is -0.129. The van der Waals surface area contributed by atoms with Crippen molar-refractivity contribution in [3.8, 4) is 0 Å². The summed E-state index contributed by atoms with van der Waals surface area (Å²) >= 11 is 0. The summed E-state index contributed by atoms with van der Waals surface area (Å²) in [6, 6.07) is 0.476. The van der Waals surface area contributed by atoms with Gasteiger partial charge in [-0.05, 0) is 25.3 Å². The number of amides is 1. The molecule has 4 heteroatoms. The van der Waals surface area contributed by atoms with E-state index in [9.17, 15) is 4.79 Å². The van der Waals surface area contributed by atoms with E-state index in [0.717, 1.165) is 13.1 Å². The van der Waals surface area contributed by atoms with Crippen molar-refractivity contribution in [3.63, 3.8) is 0 Å². The Morgan fingerprint density at radius 3 is 2.71 bits per heavy atom. The minimum atomic E-state index is 0.208. The predicted octanol–water partition coefficient (Wildman–Crippen LogP) is 0.914. The van der Waals surface area contributed by atoms with Crippen LogP contribution in [0.2, 0.25) is 0 Å². The van der Waals surface area contributed by atoms with Gasteiger partial charge in [-0.25, -0.2) is 0 Å². The Morgan fingerprint density at radius 1 is 1.47 bits per heavy atom. The molecule has 1 heterocycles. The van der Waals surface area contributed by atoms with E-state index >= 15 is 0 Å². The van der Waals surface area contributed by atoms with Gasteiger partial charge in [0.05, 0.1) is 0 Å². The van der Waals surface area contributed by atoms with Crippen molar-refractivity contribution in [2.45, 2.75) is 38.6 Å². The summed E-state index contributed by atoms with van der Waals surface area (Å²) < 4.78 is 0. The zero-order valence-electron chi connectivity index (χ0n) is 11.5. The molecule has 2 N–H and O–H groups in total. The summed E-state index contributed by atoms with van der Waals surface area (Å²) in [5, 5.41) is 0. The molecule has 1 aliphatic rings. The van der Waals surface area contributed by atoms with Crippen LogP contribution in [0.5, 0.6) is 0 Å². The van der Waals surface area contributed by atoms with Crippen molar-refractivity contribution in [1.82, 2.24) is 9.80 Å². The topological polar surface area (TPSA) is 49.6 Å². The van der Waals surface area contributed by atoms with E-state index in [1.807, 2.05) is 14.1 Å². The first-order valence-electron chi connectivity index (χ1n) is 6.74. The van der Waals surface area contributed by atoms with E-state index in [4.69, 9.17) is 5.73 Å². The van der Waals surface area contributed by atoms with Crippen LogP contribution in [0.1, 0.15) is 32.6 Å². The van der Waals surface area contributed by atoms with E-state index in [1.165, 1.54) is 19.3 Å². The number of hydrogen-bond acceptors (Lipinski definition) is 3. The maximum atomic E-state index is 11.6. The van der Waals surface area contributed by atoms with E-state index in [0.29, 0.717) is 24.9 Å². The van der Waals surface area contributed by atoms with Crippen molar-refractivity contribution in [1.29, 1.82) is 0 Å². The first-order valence-corrected chi connectivity index (χ1v) is 6.74. The number of piperidine rings is 1. The third-order valence-electron chi connectivity index (χ3n) is 3.91. The minimum absolute atomic E-state index is 0.208. The van der Waals surface area contributed by atoms with Crippen molar-refractivity contribution in [2.75, 3.05) is 33.7 Å². The van der Waals surface area contributed by atoms with Gasteiger partial charge in [-0.2, -0.15) is 0 Å². The SMILES string of the molecule is CCC1CCCN(CCC(=O)N(C)C)C1CN. The van der Waals surface area contributed by atoms with Gasteiger partial charge in [0.2, 0.25) is 5.91 Å². The highest BCUT2D eigenvalue weighted by Crippen LogP contribution is 2.25. The molecule has 1 fully saturated rings. The lowest BCUT2D eigenvalue weighted by Gasteiger charge is -2.40. The molecule has 0 radical (unpaired) electrons. The van der Waals surface area contributed by atoms with Crippen molar-refractivity contribution in [2.24, 2.45) is 11.7 Å². The van der Waals surface area contributed by atoms with Gasteiger partial charge < -0.3 is 10.6 Å². The molecule has 0 aromatic rings. The molecule has 100 valence electrons. The molecule has 1 aliphatic heterocycles. The van der Waals surface area contributed by atoms with Crippen LogP contribution in [0.15, 0.2) is 0 Å². The van der Waals surface area contributed by atoms with Gasteiger partial charge >= 0.3 is 0 Å². The van der Waals surface area contributed by atoms with Crippen LogP contribution in [0, 0.1) is 5.92 Å². The number of carbonyl (C=O) groups excluding carboxylic acids is 1. The summed E-state index contributed by atoms with van der Waals surface area (Å²) in [5.41, 5.74) is 5.89. The van der Waals surface area contributed by atoms with E-state index in [2.05, 4.69) is 11.8 Å². The van der Waals surface area contributed by atoms with Gasteiger partial charge in [0.25, 0.3) is 0 Å². The molecule has 0 aromatic carbocycles. The fourth-order valence-electron chi connectivity index (χ4n) is 2.77. The third kappa shape index (κ3) is 3.96. The fourth-order valence-corrected chi connectivity index (χ4v) is 2.77. The Morgan fingerprint density at radius 2 is 2.18 bits per heavy atom. The molecule has 0 bridgehead atoms. The van der Waals surface area contributed by atoms with E-state index < -0.39 is 0 Å². The van der Waals surface area contributed by atoms with Crippen LogP contribution in [-0.4, -0.2) is 55.5 Å². The summed E-state index contributed by atoms with van der Waals surface area (Å²) in [5.74, 6) is 0.919. The predicted molar refractivity (Wildman–Crippen MR) is 70.7 cm³/mol. The zero-order chi connectivity index (χ0) is 12.8. The molecule has 1 amide bonds. The smallest absolute Gasteiger partial charge is 0.223 e. The zero-order valence-corrected chi connectivity index (χ0v) is 11.5. The summed E-state index contributed by atoms with van der Waals surface area (Å²) in [6.45, 7) is 4.91. The molecule has 4 nitrogen and oxygen atoms in total. The molecular weight excluding hydrogens is 214 g/mol. The summed E-state index contributed by atoms with van der Waals surface area (Å²) in [7, 11) is 3.63. The van der Waals surface area contributed by atoms with Crippen LogP contribution >= 0.6 is 0 Å². The Hall–Kier alpha value is -0.610. The number of carbonyl (C=O) groups is 1. The quantitative estimate of drug-likeness (QED) is 0.778. The first kappa shape index (κ1) is 14.5. The van der Waals surface area contributed by atoms with Crippen LogP contribution in [-0.2, 0) is 4.79 Å². The Kier molecular flexibility index (Phi) is 5.92. The second kappa shape index (κ2) is 6.97. The standard InChI is InChI=1S/C13H27N3O/c1-4-11-6-5-8-16(12(11)10-14)9-7-13(17)15(2)3/h11-12H,4-10,14H2,1-3H3. The van der Waals surface area contributed by atoms with Crippen LogP contribution in [0.3, 0.4) is 0 Å². The Labute approximate surface area is 105 Å². The van der Waals surface area contributed by atoms with Crippen LogP contribution in [0.4, 0.5) is 0 Å². The second-order valence-corrected chi connectivity index (χ2v) is 5.19. The van der Waals surface area contributed by atoms with E-state index in [1.54, 1.807) is 4.90 Å². The average molecular weight is 241 g/mol. The number of hydrogen-bond donors (Lipinski definition) is 1. The second-order valence-electron chi connectivity index (χ2n) is 5.19. The average Bonchev–Trinajstić information content (AvgIpc) is 2.34. The summed E-state index contributed by atoms with van der Waals surface area (Å²) in [4.78, 5) is 15.7. The molecule has 2 atom stereocenters. The number of nitrogens with zero attached hydrogens (tertiary/aromatic N) is 2. The molecule has 0 spiro atoms. The molecule has 1 rings (SSSR count). The Bertz CT molecular complexity index is 243. The monoisotopic (exact) mass is 241 g/mol. The van der Waals surface area contributed by atoms with Gasteiger partial charge in [-0.1, -0.05) is 13.3 Å². The number of likely N-dealkylation sites (tertiary alicyclic amines) is 1. The van der Waals surface area contributed by atoms with Crippen molar-refractivity contribution >= 4 is 5.91 Å². The molecule has 1 saturated heterocycles. The highest BCUT2D eigenvalue weighted by atomic mass is 16.2. The number of nitrogens with two attached hydrogens (primary N) is 1. The minimum Gasteiger partial charge on any atom is -0.349 e. The first-order chi connectivity index (χ1) is 8.10. The van der Waals surface area contributed by atoms with Crippen molar-refractivity contribution in [3.05, 3.63) is 0 Å². The highest BCUT2D eigenvalue weighted by molar-refractivity contribution is 5.75. The summed E-state index contributed by atoms with van der Waals surface area (Å²) in [6.07, 6.45) is 4.33. The highest BCUT2D eigenvalue weighted by Gasteiger charge is 2.29. The van der Waals surface area contributed by atoms with Gasteiger partial charge in [-0.15, -0.1) is 0 Å². The third-order valence-corrected chi connectivity index (χ3v) is 3.91. The fraction of sp³-hybridized carbons (Fsp3) is 0.923. The van der Waals surface area contributed by atoms with Gasteiger partial charge in [-0.3, -0.25) is 9.69 Å². The molecule has 17 heavy (non-hydrogen) atoms. The lowest BCUT2D eigenvalue weighted by Crippen LogP contribution is -2.50. The largest absolute Gasteiger partial charge is 0.349 e. The molecule has 2 unspecified atom stereocenters. The molecular formula is C13H27N3O. The maximum Gasteiger partial charge on any atom is 0.223 e. The van der Waals surface area contributed by atoms with Gasteiger partial charge in [0.1, 0.15) is 0 Å². The van der Waals surface area contributed by atoms with Crippen LogP contribution in [0.25, 0.3) is 0 Å². The number of rotatable bonds is 5. The normalized spacial score (nSPS) is 25.9. The van der Waals surface area contributed by atoms with Crippen LogP contribution < -0.4 is 5.73 Å². The molecule has 0 saturated carbocycles. The lowest BCUT2D eigenvalue weighted by atomic mass is 9.87. The van der Waals surface area contributed by atoms with Crippen molar-refractivity contribution < 1.29 is 4.79 Å². The van der Waals surface area contributed by atoms with Gasteiger partial charge in [0.15, 0.2) is 0 Å².